The fourth-order valence-corrected chi connectivity index (χ4v) is 10.2. The van der Waals surface area contributed by atoms with Crippen molar-refractivity contribution in [3.05, 3.63) is 47.2 Å². The van der Waals surface area contributed by atoms with Crippen molar-refractivity contribution in [2.75, 3.05) is 0 Å². The van der Waals surface area contributed by atoms with Crippen LogP contribution < -0.4 is 0 Å². The van der Waals surface area contributed by atoms with Crippen molar-refractivity contribution in [3.63, 3.8) is 0 Å². The maximum absolute atomic E-state index is 13.6. The summed E-state index contributed by atoms with van der Waals surface area (Å²) in [7, 11) is 0. The molecule has 6 nitrogen and oxygen atoms in total. The highest BCUT2D eigenvalue weighted by Gasteiger charge is 2.73. The van der Waals surface area contributed by atoms with Gasteiger partial charge >= 0.3 is 11.9 Å². The number of carbonyl (C=O) groups is 2. The average molecular weight is 579 g/mol. The topological polar surface area (TPSA) is 82.1 Å². The number of benzene rings is 1. The van der Waals surface area contributed by atoms with Crippen molar-refractivity contribution in [2.24, 2.45) is 40.4 Å². The Balaban J connectivity index is 1.35. The van der Waals surface area contributed by atoms with Crippen LogP contribution in [-0.2, 0) is 19.0 Å². The van der Waals surface area contributed by atoms with Crippen molar-refractivity contribution >= 4 is 11.9 Å². The van der Waals surface area contributed by atoms with E-state index in [1.165, 1.54) is 12.5 Å². The van der Waals surface area contributed by atoms with Crippen molar-refractivity contribution in [1.29, 1.82) is 0 Å². The molecule has 0 amide bonds. The molecule has 1 aromatic carbocycles. The third-order valence-corrected chi connectivity index (χ3v) is 12.5. The standard InChI is InChI=1S/C36H50O6/c1-21(2)12-15-29-22(3)32-30(41-29)20-36(39)27-14-13-25-18-26(40-23(4)37)16-17-34(25,5)28(27)19-31(35(32,36)6)42-33(38)24-10-8-7-9-11-24/h7-11,21-22,25-29,31,39H,12-20H2,1-6H3/t22-,25+,26+,27-,28+,29?,31-,34+,35-,36+/m1/s1. The fourth-order valence-electron chi connectivity index (χ4n) is 10.2. The first-order valence-electron chi connectivity index (χ1n) is 16.4. The highest BCUT2D eigenvalue weighted by molar-refractivity contribution is 5.89. The van der Waals surface area contributed by atoms with Gasteiger partial charge in [-0.2, -0.15) is 0 Å². The van der Waals surface area contributed by atoms with E-state index in [-0.39, 0.29) is 47.3 Å². The lowest BCUT2D eigenvalue weighted by Crippen LogP contribution is -2.67. The third kappa shape index (κ3) is 4.53. The molecule has 0 saturated heterocycles. The largest absolute Gasteiger partial charge is 0.494 e. The molecule has 1 unspecified atom stereocenters. The molecule has 0 bridgehead atoms. The summed E-state index contributed by atoms with van der Waals surface area (Å²) in [4.78, 5) is 25.4. The average Bonchev–Trinajstić information content (AvgIpc) is 3.38. The summed E-state index contributed by atoms with van der Waals surface area (Å²) < 4.78 is 18.9. The van der Waals surface area contributed by atoms with Crippen LogP contribution in [0.15, 0.2) is 41.7 Å². The molecule has 0 aromatic heterocycles. The second-order valence-corrected chi connectivity index (χ2v) is 15.1. The molecule has 230 valence electrons. The summed E-state index contributed by atoms with van der Waals surface area (Å²) in [6.07, 6.45) is 7.53. The lowest BCUT2D eigenvalue weighted by molar-refractivity contribution is -0.237. The first kappa shape index (κ1) is 29.7. The zero-order chi connectivity index (χ0) is 30.0. The Labute approximate surface area is 251 Å². The predicted molar refractivity (Wildman–Crippen MR) is 160 cm³/mol. The molecule has 5 aliphatic rings. The van der Waals surface area contributed by atoms with Gasteiger partial charge in [0.15, 0.2) is 0 Å². The van der Waals surface area contributed by atoms with Gasteiger partial charge in [0.2, 0.25) is 0 Å². The van der Waals surface area contributed by atoms with Crippen molar-refractivity contribution in [2.45, 2.75) is 123 Å². The Bertz CT molecular complexity index is 1240. The zero-order valence-electron chi connectivity index (χ0n) is 26.4. The van der Waals surface area contributed by atoms with Crippen LogP contribution in [0.1, 0.15) is 110 Å². The normalized spacial score (nSPS) is 42.2. The summed E-state index contributed by atoms with van der Waals surface area (Å²) in [5.41, 5.74) is -0.0425. The van der Waals surface area contributed by atoms with E-state index in [9.17, 15) is 14.7 Å². The smallest absolute Gasteiger partial charge is 0.338 e. The molecule has 10 atom stereocenters. The molecule has 3 fully saturated rings. The molecule has 6 heteroatoms. The number of hydrogen-bond acceptors (Lipinski definition) is 6. The van der Waals surface area contributed by atoms with Gasteiger partial charge in [0.1, 0.15) is 18.3 Å². The number of esters is 2. The lowest BCUT2D eigenvalue weighted by atomic mass is 9.42. The number of aliphatic hydroxyl groups is 1. The van der Waals surface area contributed by atoms with E-state index in [0.29, 0.717) is 23.8 Å². The van der Waals surface area contributed by atoms with Gasteiger partial charge in [0.05, 0.1) is 22.3 Å². The molecule has 1 aliphatic heterocycles. The van der Waals surface area contributed by atoms with Crippen molar-refractivity contribution < 1.29 is 28.9 Å². The Morgan fingerprint density at radius 1 is 1.05 bits per heavy atom. The summed E-state index contributed by atoms with van der Waals surface area (Å²) in [5, 5.41) is 13.0. The minimum Gasteiger partial charge on any atom is -0.494 e. The fraction of sp³-hybridized carbons (Fsp3) is 0.722. The summed E-state index contributed by atoms with van der Waals surface area (Å²) in [5.74, 6) is 1.89. The van der Waals surface area contributed by atoms with E-state index >= 15 is 0 Å². The van der Waals surface area contributed by atoms with Crippen LogP contribution >= 0.6 is 0 Å². The maximum Gasteiger partial charge on any atom is 0.338 e. The van der Waals surface area contributed by atoms with Crippen molar-refractivity contribution in [3.8, 4) is 0 Å². The predicted octanol–water partition coefficient (Wildman–Crippen LogP) is 7.25. The second-order valence-electron chi connectivity index (χ2n) is 15.1. The van der Waals surface area contributed by atoms with Gasteiger partial charge in [-0.25, -0.2) is 4.79 Å². The van der Waals surface area contributed by atoms with Gasteiger partial charge in [-0.3, -0.25) is 4.79 Å². The molecule has 0 spiro atoms. The quantitative estimate of drug-likeness (QED) is 0.358. The highest BCUT2D eigenvalue weighted by Crippen LogP contribution is 2.71. The molecule has 6 rings (SSSR count). The minimum atomic E-state index is -1.04. The van der Waals surface area contributed by atoms with Gasteiger partial charge in [0.25, 0.3) is 0 Å². The molecule has 1 aromatic rings. The van der Waals surface area contributed by atoms with E-state index in [4.69, 9.17) is 14.2 Å². The van der Waals surface area contributed by atoms with Gasteiger partial charge < -0.3 is 19.3 Å². The van der Waals surface area contributed by atoms with E-state index in [0.717, 1.165) is 57.1 Å². The summed E-state index contributed by atoms with van der Waals surface area (Å²) >= 11 is 0. The Morgan fingerprint density at radius 3 is 2.48 bits per heavy atom. The van der Waals surface area contributed by atoms with E-state index in [1.54, 1.807) is 12.1 Å². The van der Waals surface area contributed by atoms with Crippen LogP contribution in [0.3, 0.4) is 0 Å². The maximum atomic E-state index is 13.6. The molecule has 0 radical (unpaired) electrons. The van der Waals surface area contributed by atoms with Crippen LogP contribution in [0.25, 0.3) is 0 Å². The second kappa shape index (κ2) is 10.7. The molecular formula is C36H50O6. The van der Waals surface area contributed by atoms with Gasteiger partial charge in [0, 0.05) is 19.3 Å². The SMILES string of the molecule is CC(=O)O[C@H]1CC[C@@]2(C)[C@@H](CC[C@@H]3[C@@H]2C[C@@H](OC(=O)c2ccccc2)[C@]2(C)C4=C(C[C@]32O)OC(CCC(C)C)[C@H]4C)C1. The minimum absolute atomic E-state index is 0.0205. The van der Waals surface area contributed by atoms with Gasteiger partial charge in [-0.15, -0.1) is 0 Å². The summed E-state index contributed by atoms with van der Waals surface area (Å²) in [6, 6.07) is 9.24. The Hall–Kier alpha value is -2.34. The molecule has 1 N–H and O–H groups in total. The van der Waals surface area contributed by atoms with E-state index < -0.39 is 17.1 Å². The number of carbonyl (C=O) groups excluding carboxylic acids is 2. The highest BCUT2D eigenvalue weighted by atomic mass is 16.5. The number of ether oxygens (including phenoxy) is 3. The van der Waals surface area contributed by atoms with Crippen LogP contribution in [0, 0.1) is 40.4 Å². The van der Waals surface area contributed by atoms with Crippen molar-refractivity contribution in [1.82, 2.24) is 0 Å². The lowest BCUT2D eigenvalue weighted by Gasteiger charge is -2.65. The monoisotopic (exact) mass is 578 g/mol. The molecular weight excluding hydrogens is 528 g/mol. The number of fused-ring (bicyclic) bond motifs is 6. The molecule has 4 aliphatic carbocycles. The first-order chi connectivity index (χ1) is 19.9. The van der Waals surface area contributed by atoms with Gasteiger partial charge in [-0.1, -0.05) is 45.9 Å². The number of rotatable bonds is 6. The van der Waals surface area contributed by atoms with Crippen LogP contribution in [0.2, 0.25) is 0 Å². The van der Waals surface area contributed by atoms with Gasteiger partial charge in [-0.05, 0) is 105 Å². The Kier molecular flexibility index (Phi) is 7.56. The number of hydrogen-bond donors (Lipinski definition) is 1. The van der Waals surface area contributed by atoms with Crippen LogP contribution in [-0.4, -0.2) is 41.0 Å². The van der Waals surface area contributed by atoms with Crippen LogP contribution in [0.5, 0.6) is 0 Å². The van der Waals surface area contributed by atoms with E-state index in [2.05, 4.69) is 34.6 Å². The Morgan fingerprint density at radius 2 is 1.79 bits per heavy atom. The molecule has 42 heavy (non-hydrogen) atoms. The molecule has 1 heterocycles. The first-order valence-corrected chi connectivity index (χ1v) is 16.4. The molecule has 3 saturated carbocycles. The zero-order valence-corrected chi connectivity index (χ0v) is 26.4. The van der Waals surface area contributed by atoms with E-state index in [1.807, 2.05) is 18.2 Å². The summed E-state index contributed by atoms with van der Waals surface area (Å²) in [6.45, 7) is 12.8. The third-order valence-electron chi connectivity index (χ3n) is 12.5. The van der Waals surface area contributed by atoms with Crippen LogP contribution in [0.4, 0.5) is 0 Å².